The highest BCUT2D eigenvalue weighted by Gasteiger charge is 2.25. The van der Waals surface area contributed by atoms with E-state index in [9.17, 15) is 0 Å². The van der Waals surface area contributed by atoms with Gasteiger partial charge in [-0.25, -0.2) is 15.0 Å². The fourth-order valence-electron chi connectivity index (χ4n) is 10.7. The largest absolute Gasteiger partial charge is 0.308 e. The molecule has 0 radical (unpaired) electrons. The summed E-state index contributed by atoms with van der Waals surface area (Å²) in [6.45, 7) is 0. The van der Waals surface area contributed by atoms with Crippen LogP contribution in [0, 0.1) is 0 Å². The quantitative estimate of drug-likeness (QED) is 0.160. The van der Waals surface area contributed by atoms with E-state index in [4.69, 9.17) is 15.0 Å². The van der Waals surface area contributed by atoms with Crippen molar-refractivity contribution in [2.75, 3.05) is 0 Å². The Morgan fingerprint density at radius 2 is 0.634 bits per heavy atom. The average Bonchev–Trinajstić information content (AvgIpc) is 3.75. The molecule has 0 unspecified atom stereocenters. The number of rotatable bonds is 7. The molecule has 0 N–H and O–H groups in total. The molecule has 12 aromatic carbocycles. The van der Waals surface area contributed by atoms with Gasteiger partial charge in [0.25, 0.3) is 0 Å². The lowest BCUT2D eigenvalue weighted by Gasteiger charge is -2.20. The van der Waals surface area contributed by atoms with Crippen molar-refractivity contribution >= 4 is 64.9 Å². The zero-order valence-corrected chi connectivity index (χ0v) is 38.5. The molecule has 0 saturated heterocycles. The summed E-state index contributed by atoms with van der Waals surface area (Å²) in [7, 11) is 0. The Balaban J connectivity index is 1.10. The Morgan fingerprint density at radius 1 is 0.239 bits per heavy atom. The molecule has 0 bridgehead atoms. The van der Waals surface area contributed by atoms with Crippen molar-refractivity contribution < 1.29 is 0 Å². The monoisotopic (exact) mass is 902 g/mol. The minimum atomic E-state index is 0.594. The van der Waals surface area contributed by atoms with Gasteiger partial charge in [0.1, 0.15) is 0 Å². The van der Waals surface area contributed by atoms with Crippen LogP contribution in [0.4, 0.5) is 0 Å². The van der Waals surface area contributed by atoms with E-state index in [0.29, 0.717) is 17.5 Å². The van der Waals surface area contributed by atoms with Crippen LogP contribution in [0.25, 0.3) is 138 Å². The van der Waals surface area contributed by atoms with Gasteiger partial charge in [-0.3, -0.25) is 0 Å². The number of nitrogens with zero attached hydrogens (tertiary/aromatic N) is 4. The molecule has 0 aliphatic heterocycles. The molecule has 14 rings (SSSR count). The van der Waals surface area contributed by atoms with Gasteiger partial charge < -0.3 is 4.57 Å². The first-order valence-corrected chi connectivity index (χ1v) is 24.2. The van der Waals surface area contributed by atoms with E-state index < -0.39 is 0 Å². The summed E-state index contributed by atoms with van der Waals surface area (Å²) >= 11 is 0. The molecule has 0 fully saturated rings. The van der Waals surface area contributed by atoms with E-state index in [0.717, 1.165) is 77.6 Å². The predicted octanol–water partition coefficient (Wildman–Crippen LogP) is 17.6. The van der Waals surface area contributed by atoms with Gasteiger partial charge in [0, 0.05) is 21.9 Å². The van der Waals surface area contributed by atoms with Gasteiger partial charge in [0.15, 0.2) is 17.5 Å². The van der Waals surface area contributed by atoms with E-state index in [2.05, 4.69) is 259 Å². The van der Waals surface area contributed by atoms with Crippen molar-refractivity contribution in [3.63, 3.8) is 0 Å². The fraction of sp³-hybridized carbons (Fsp3) is 0. The Labute approximate surface area is 410 Å². The summed E-state index contributed by atoms with van der Waals surface area (Å²) in [6, 6.07) is 91.5. The maximum absolute atomic E-state index is 5.56. The van der Waals surface area contributed by atoms with E-state index in [1.807, 2.05) is 0 Å². The van der Waals surface area contributed by atoms with Gasteiger partial charge >= 0.3 is 0 Å². The maximum Gasteiger partial charge on any atom is 0.166 e. The van der Waals surface area contributed by atoms with Crippen molar-refractivity contribution in [3.8, 4) is 73.2 Å². The molecule has 14 aromatic rings. The molecule has 0 aliphatic carbocycles. The first-order valence-electron chi connectivity index (χ1n) is 24.2. The molecule has 0 amide bonds. The smallest absolute Gasteiger partial charge is 0.166 e. The molecule has 4 heteroatoms. The average molecular weight is 903 g/mol. The van der Waals surface area contributed by atoms with Crippen molar-refractivity contribution in [2.45, 2.75) is 0 Å². The molecule has 4 nitrogen and oxygen atoms in total. The van der Waals surface area contributed by atoms with Crippen LogP contribution in [-0.4, -0.2) is 19.5 Å². The highest BCUT2D eigenvalue weighted by Crippen LogP contribution is 2.46. The Hall–Kier alpha value is -9.51. The molecule has 0 atom stereocenters. The lowest BCUT2D eigenvalue weighted by Crippen LogP contribution is -2.05. The van der Waals surface area contributed by atoms with Crippen molar-refractivity contribution in [2.24, 2.45) is 0 Å². The number of fused-ring (bicyclic) bond motifs is 7. The molecule has 2 heterocycles. The minimum Gasteiger partial charge on any atom is -0.308 e. The van der Waals surface area contributed by atoms with Crippen LogP contribution in [0.1, 0.15) is 0 Å². The van der Waals surface area contributed by atoms with Gasteiger partial charge in [0.05, 0.1) is 22.3 Å². The zero-order chi connectivity index (χ0) is 46.8. The van der Waals surface area contributed by atoms with Crippen LogP contribution in [0.3, 0.4) is 0 Å². The van der Waals surface area contributed by atoms with Crippen LogP contribution in [0.5, 0.6) is 0 Å². The topological polar surface area (TPSA) is 43.6 Å². The molecule has 0 spiro atoms. The Morgan fingerprint density at radius 3 is 1.17 bits per heavy atom. The Kier molecular flexibility index (Phi) is 9.49. The number of benzene rings is 12. The number of hydrogen-bond acceptors (Lipinski definition) is 3. The lowest BCUT2D eigenvalue weighted by atomic mass is 9.90. The first kappa shape index (κ1) is 40.5. The number of hydrogen-bond donors (Lipinski definition) is 0. The van der Waals surface area contributed by atoms with Crippen LogP contribution >= 0.6 is 0 Å². The molecule has 330 valence electrons. The summed E-state index contributed by atoms with van der Waals surface area (Å²) in [5.41, 5.74) is 12.8. The van der Waals surface area contributed by atoms with Gasteiger partial charge in [-0.2, -0.15) is 0 Å². The zero-order valence-electron chi connectivity index (χ0n) is 38.5. The van der Waals surface area contributed by atoms with Crippen molar-refractivity contribution in [1.82, 2.24) is 19.5 Å². The van der Waals surface area contributed by atoms with Crippen molar-refractivity contribution in [3.05, 3.63) is 255 Å². The van der Waals surface area contributed by atoms with Gasteiger partial charge in [-0.15, -0.1) is 0 Å². The van der Waals surface area contributed by atoms with Crippen LogP contribution in [-0.2, 0) is 0 Å². The summed E-state index contributed by atoms with van der Waals surface area (Å²) in [5, 5.41) is 11.7. The summed E-state index contributed by atoms with van der Waals surface area (Å²) < 4.78 is 2.48. The summed E-state index contributed by atoms with van der Waals surface area (Å²) in [4.78, 5) is 16.4. The molecule has 71 heavy (non-hydrogen) atoms. The highest BCUT2D eigenvalue weighted by molar-refractivity contribution is 6.19. The third-order valence-electron chi connectivity index (χ3n) is 14.2. The second-order valence-electron chi connectivity index (χ2n) is 18.4. The normalized spacial score (nSPS) is 11.7. The molecule has 2 aromatic heterocycles. The van der Waals surface area contributed by atoms with E-state index >= 15 is 0 Å². The third-order valence-corrected chi connectivity index (χ3v) is 14.2. The standard InChI is InChI=1S/C67H42N4/c1-3-16-43(17-4-1)45-30-34-48(35-31-45)65-68-66(49-36-32-46(33-37-49)44-18-5-2-6-19-44)70-67(69-65)64-57-28-14-13-27-56(57)58(55-29-15-25-47-20-11-12-26-54(47)55)42-63(64)71-61-40-52-23-9-7-21-50(52)38-59(61)60-39-51-22-8-10-24-53(51)41-62(60)71/h1-42H. The summed E-state index contributed by atoms with van der Waals surface area (Å²) in [5.74, 6) is 1.80. The van der Waals surface area contributed by atoms with E-state index in [1.54, 1.807) is 0 Å². The third kappa shape index (κ3) is 6.96. The molecule has 0 saturated carbocycles. The second-order valence-corrected chi connectivity index (χ2v) is 18.4. The maximum atomic E-state index is 5.56. The minimum absolute atomic E-state index is 0.594. The van der Waals surface area contributed by atoms with Gasteiger partial charge in [0.2, 0.25) is 0 Å². The van der Waals surface area contributed by atoms with Gasteiger partial charge in [-0.1, -0.05) is 224 Å². The predicted molar refractivity (Wildman–Crippen MR) is 297 cm³/mol. The molecular weight excluding hydrogens is 861 g/mol. The number of aromatic nitrogens is 4. The lowest BCUT2D eigenvalue weighted by molar-refractivity contribution is 1.07. The first-order chi connectivity index (χ1) is 35.2. The fourth-order valence-corrected chi connectivity index (χ4v) is 10.7. The summed E-state index contributed by atoms with van der Waals surface area (Å²) in [6.07, 6.45) is 0. The Bertz CT molecular complexity index is 4170. The second kappa shape index (κ2) is 16.6. The van der Waals surface area contributed by atoms with Gasteiger partial charge in [-0.05, 0) is 107 Å². The highest BCUT2D eigenvalue weighted by atomic mass is 15.1. The van der Waals surface area contributed by atoms with E-state index in [1.165, 1.54) is 43.1 Å². The van der Waals surface area contributed by atoms with Crippen molar-refractivity contribution in [1.29, 1.82) is 0 Å². The SMILES string of the molecule is c1ccc(-c2ccc(-c3nc(-c4ccc(-c5ccccc5)cc4)nc(-c4c(-n5c6cc7ccccc7cc6c6cc7ccccc7cc65)cc(-c5cccc6ccccc56)c5ccccc45)n3)cc2)cc1. The molecular formula is C67H42N4. The van der Waals surface area contributed by atoms with Crippen LogP contribution in [0.15, 0.2) is 255 Å². The van der Waals surface area contributed by atoms with E-state index in [-0.39, 0.29) is 0 Å². The van der Waals surface area contributed by atoms with Crippen LogP contribution < -0.4 is 0 Å². The van der Waals surface area contributed by atoms with Crippen LogP contribution in [0.2, 0.25) is 0 Å². The molecule has 0 aliphatic rings.